The van der Waals surface area contributed by atoms with Gasteiger partial charge in [0.05, 0.1) is 5.56 Å². The molecule has 4 rings (SSSR count). The van der Waals surface area contributed by atoms with E-state index in [9.17, 15) is 4.79 Å². The van der Waals surface area contributed by atoms with Crippen LogP contribution in [0.4, 0.5) is 0 Å². The molecule has 1 aromatic heterocycles. The zero-order valence-corrected chi connectivity index (χ0v) is 15.6. The number of H-pyrrole nitrogens is 1. The normalized spacial score (nSPS) is 12.9. The zero-order chi connectivity index (χ0) is 19.1. The van der Waals surface area contributed by atoms with Crippen molar-refractivity contribution in [3.63, 3.8) is 0 Å². The Bertz CT molecular complexity index is 1070. The number of carboxylic acids is 1. The van der Waals surface area contributed by atoms with Crippen LogP contribution in [0.3, 0.4) is 0 Å². The van der Waals surface area contributed by atoms with Crippen LogP contribution in [0.25, 0.3) is 22.9 Å². The lowest BCUT2D eigenvalue weighted by molar-refractivity contribution is 0.0697. The van der Waals surface area contributed by atoms with Gasteiger partial charge in [0, 0.05) is 22.5 Å². The van der Waals surface area contributed by atoms with E-state index in [1.807, 2.05) is 24.3 Å². The molecule has 1 aliphatic rings. The molecule has 4 nitrogen and oxygen atoms in total. The zero-order valence-electron chi connectivity index (χ0n) is 15.6. The van der Waals surface area contributed by atoms with Gasteiger partial charge in [-0.05, 0) is 79.4 Å². The SMILES string of the molecule is Cc1cc2c(c(C)c1C)C=C(c1ccc(-c3ccc(C(=O)O)cc3)[nH]1)CO2. The van der Waals surface area contributed by atoms with E-state index >= 15 is 0 Å². The van der Waals surface area contributed by atoms with Crippen molar-refractivity contribution in [1.82, 2.24) is 4.98 Å². The van der Waals surface area contributed by atoms with E-state index < -0.39 is 5.97 Å². The molecule has 0 radical (unpaired) electrons. The van der Waals surface area contributed by atoms with E-state index in [2.05, 4.69) is 37.9 Å². The van der Waals surface area contributed by atoms with Gasteiger partial charge in [-0.2, -0.15) is 0 Å². The monoisotopic (exact) mass is 359 g/mol. The van der Waals surface area contributed by atoms with Gasteiger partial charge >= 0.3 is 5.97 Å². The Morgan fingerprint density at radius 2 is 1.70 bits per heavy atom. The van der Waals surface area contributed by atoms with Crippen molar-refractivity contribution in [2.45, 2.75) is 20.8 Å². The van der Waals surface area contributed by atoms with E-state index in [-0.39, 0.29) is 5.56 Å². The lowest BCUT2D eigenvalue weighted by atomic mass is 9.94. The van der Waals surface area contributed by atoms with Crippen molar-refractivity contribution >= 4 is 17.6 Å². The maximum absolute atomic E-state index is 11.0. The number of benzene rings is 2. The molecule has 3 aromatic rings. The number of ether oxygens (including phenoxy) is 1. The summed E-state index contributed by atoms with van der Waals surface area (Å²) < 4.78 is 6.01. The van der Waals surface area contributed by atoms with Gasteiger partial charge < -0.3 is 14.8 Å². The molecule has 4 heteroatoms. The van der Waals surface area contributed by atoms with E-state index in [0.29, 0.717) is 6.61 Å². The second kappa shape index (κ2) is 6.47. The van der Waals surface area contributed by atoms with Crippen LogP contribution in [0.15, 0.2) is 42.5 Å². The molecule has 0 aliphatic carbocycles. The summed E-state index contributed by atoms with van der Waals surface area (Å²) >= 11 is 0. The van der Waals surface area contributed by atoms with E-state index in [1.165, 1.54) is 16.7 Å². The minimum atomic E-state index is -0.919. The lowest BCUT2D eigenvalue weighted by Gasteiger charge is -2.21. The van der Waals surface area contributed by atoms with Crippen molar-refractivity contribution in [1.29, 1.82) is 0 Å². The Morgan fingerprint density at radius 3 is 2.41 bits per heavy atom. The lowest BCUT2D eigenvalue weighted by Crippen LogP contribution is -2.09. The minimum Gasteiger partial charge on any atom is -0.488 e. The molecule has 0 saturated carbocycles. The topological polar surface area (TPSA) is 62.3 Å². The minimum absolute atomic E-state index is 0.284. The van der Waals surface area contributed by atoms with Crippen LogP contribution in [-0.2, 0) is 0 Å². The molecule has 0 fully saturated rings. The average molecular weight is 359 g/mol. The Labute approximate surface area is 158 Å². The smallest absolute Gasteiger partial charge is 0.335 e. The first-order chi connectivity index (χ1) is 12.9. The van der Waals surface area contributed by atoms with Gasteiger partial charge in [-0.3, -0.25) is 0 Å². The summed E-state index contributed by atoms with van der Waals surface area (Å²) in [5, 5.41) is 9.03. The predicted molar refractivity (Wildman–Crippen MR) is 107 cm³/mol. The number of fused-ring (bicyclic) bond motifs is 1. The Kier molecular flexibility index (Phi) is 4.11. The summed E-state index contributed by atoms with van der Waals surface area (Å²) in [4.78, 5) is 14.4. The third-order valence-corrected chi connectivity index (χ3v) is 5.35. The second-order valence-corrected chi connectivity index (χ2v) is 6.98. The van der Waals surface area contributed by atoms with Crippen LogP contribution >= 0.6 is 0 Å². The predicted octanol–water partition coefficient (Wildman–Crippen LogP) is 5.24. The van der Waals surface area contributed by atoms with Gasteiger partial charge in [-0.1, -0.05) is 12.1 Å². The molecule has 27 heavy (non-hydrogen) atoms. The van der Waals surface area contributed by atoms with Crippen molar-refractivity contribution in [3.05, 3.63) is 76.0 Å². The first kappa shape index (κ1) is 17.2. The molecular weight excluding hydrogens is 338 g/mol. The van der Waals surface area contributed by atoms with Crippen molar-refractivity contribution in [2.24, 2.45) is 0 Å². The number of nitrogens with one attached hydrogen (secondary N) is 1. The number of carboxylic acid groups (broad SMARTS) is 1. The maximum atomic E-state index is 11.0. The van der Waals surface area contributed by atoms with Crippen LogP contribution in [0, 0.1) is 20.8 Å². The first-order valence-electron chi connectivity index (χ1n) is 8.91. The molecule has 0 bridgehead atoms. The summed E-state index contributed by atoms with van der Waals surface area (Å²) in [5.74, 6) is 0.0215. The van der Waals surface area contributed by atoms with Crippen LogP contribution < -0.4 is 4.74 Å². The van der Waals surface area contributed by atoms with Crippen LogP contribution in [-0.4, -0.2) is 22.7 Å². The molecule has 0 spiro atoms. The van der Waals surface area contributed by atoms with Crippen LogP contribution in [0.5, 0.6) is 5.75 Å². The fraction of sp³-hybridized carbons (Fsp3) is 0.174. The summed E-state index contributed by atoms with van der Waals surface area (Å²) in [6.45, 7) is 6.90. The summed E-state index contributed by atoms with van der Waals surface area (Å²) in [5.41, 5.74) is 9.22. The van der Waals surface area contributed by atoms with Gasteiger partial charge in [-0.15, -0.1) is 0 Å². The highest BCUT2D eigenvalue weighted by Crippen LogP contribution is 2.36. The largest absolute Gasteiger partial charge is 0.488 e. The summed E-state index contributed by atoms with van der Waals surface area (Å²) in [6.07, 6.45) is 2.20. The molecule has 0 unspecified atom stereocenters. The molecule has 0 saturated heterocycles. The number of aromatic carboxylic acids is 1. The standard InChI is InChI=1S/C23H21NO3/c1-13-10-22-19(15(3)14(13)2)11-18(12-27-22)21-9-8-20(24-21)16-4-6-17(7-5-16)23(25)26/h4-11,24H,12H2,1-3H3,(H,25,26). The highest BCUT2D eigenvalue weighted by atomic mass is 16.5. The summed E-state index contributed by atoms with van der Waals surface area (Å²) in [7, 11) is 0. The summed E-state index contributed by atoms with van der Waals surface area (Å²) in [6, 6.07) is 13.0. The molecule has 2 heterocycles. The van der Waals surface area contributed by atoms with Crippen molar-refractivity contribution in [2.75, 3.05) is 6.61 Å². The van der Waals surface area contributed by atoms with E-state index in [0.717, 1.165) is 33.8 Å². The number of hydrogen-bond acceptors (Lipinski definition) is 2. The number of aryl methyl sites for hydroxylation is 1. The average Bonchev–Trinajstić information content (AvgIpc) is 3.16. The van der Waals surface area contributed by atoms with E-state index in [1.54, 1.807) is 12.1 Å². The van der Waals surface area contributed by atoms with E-state index in [4.69, 9.17) is 9.84 Å². The third kappa shape index (κ3) is 3.04. The molecule has 0 atom stereocenters. The fourth-order valence-electron chi connectivity index (χ4n) is 3.43. The molecule has 2 N–H and O–H groups in total. The van der Waals surface area contributed by atoms with Gasteiger partial charge in [0.2, 0.25) is 0 Å². The Hall–Kier alpha value is -3.27. The molecule has 1 aliphatic heterocycles. The molecule has 136 valence electrons. The van der Waals surface area contributed by atoms with Gasteiger partial charge in [0.25, 0.3) is 0 Å². The number of rotatable bonds is 3. The van der Waals surface area contributed by atoms with Gasteiger partial charge in [0.15, 0.2) is 0 Å². The highest BCUT2D eigenvalue weighted by Gasteiger charge is 2.18. The number of carbonyl (C=O) groups is 1. The maximum Gasteiger partial charge on any atom is 0.335 e. The number of aromatic amines is 1. The molecular formula is C23H21NO3. The quantitative estimate of drug-likeness (QED) is 0.672. The van der Waals surface area contributed by atoms with Crippen LogP contribution in [0.1, 0.15) is 38.3 Å². The fourth-order valence-corrected chi connectivity index (χ4v) is 3.43. The number of hydrogen-bond donors (Lipinski definition) is 2. The van der Waals surface area contributed by atoms with Gasteiger partial charge in [0.1, 0.15) is 12.4 Å². The molecule has 0 amide bonds. The first-order valence-corrected chi connectivity index (χ1v) is 8.91. The second-order valence-electron chi connectivity index (χ2n) is 6.98. The third-order valence-electron chi connectivity index (χ3n) is 5.35. The van der Waals surface area contributed by atoms with Crippen molar-refractivity contribution in [3.8, 4) is 17.0 Å². The Balaban J connectivity index is 1.68. The number of aromatic nitrogens is 1. The van der Waals surface area contributed by atoms with Gasteiger partial charge in [-0.25, -0.2) is 4.79 Å². The Morgan fingerprint density at radius 1 is 1.00 bits per heavy atom. The highest BCUT2D eigenvalue weighted by molar-refractivity contribution is 5.89. The van der Waals surface area contributed by atoms with Crippen molar-refractivity contribution < 1.29 is 14.6 Å². The van der Waals surface area contributed by atoms with Crippen LogP contribution in [0.2, 0.25) is 0 Å². The molecule has 2 aromatic carbocycles.